The first kappa shape index (κ1) is 8.05. The van der Waals surface area contributed by atoms with Crippen LogP contribution in [0.1, 0.15) is 6.04 Å². The summed E-state index contributed by atoms with van der Waals surface area (Å²) >= 11 is 1.84. The number of imidazole rings is 1. The number of rotatable bonds is 1. The van der Waals surface area contributed by atoms with Gasteiger partial charge in [-0.05, 0) is 0 Å². The van der Waals surface area contributed by atoms with Gasteiger partial charge in [0, 0.05) is 11.5 Å². The summed E-state index contributed by atoms with van der Waals surface area (Å²) in [4.78, 5) is 22.7. The molecule has 2 aromatic rings. The second kappa shape index (κ2) is 2.84. The molecule has 6 heteroatoms. The molecule has 1 aliphatic rings. The summed E-state index contributed by atoms with van der Waals surface area (Å²) in [6, 6.07) is 0.313. The number of nitrogens with one attached hydrogen (secondary N) is 1. The second-order valence-corrected chi connectivity index (χ2v) is 4.32. The first-order valence-corrected chi connectivity index (χ1v) is 5.49. The lowest BCUT2D eigenvalue weighted by atomic mass is 10.3. The first-order chi connectivity index (χ1) is 6.86. The van der Waals surface area contributed by atoms with Gasteiger partial charge in [0.15, 0.2) is 11.2 Å². The molecule has 0 bridgehead atoms. The van der Waals surface area contributed by atoms with E-state index in [-0.39, 0.29) is 5.56 Å². The lowest BCUT2D eigenvalue weighted by Gasteiger charge is -2.26. The van der Waals surface area contributed by atoms with Gasteiger partial charge in [-0.3, -0.25) is 9.36 Å². The Hall–Kier alpha value is -1.30. The largest absolute Gasteiger partial charge is 0.339 e. The minimum absolute atomic E-state index is 0.0159. The van der Waals surface area contributed by atoms with Crippen LogP contribution >= 0.6 is 11.8 Å². The Balaban J connectivity index is 2.24. The molecule has 1 saturated heterocycles. The molecule has 0 aliphatic carbocycles. The molecule has 5 nitrogen and oxygen atoms in total. The summed E-state index contributed by atoms with van der Waals surface area (Å²) in [7, 11) is 0. The van der Waals surface area contributed by atoms with Crippen LogP contribution in [0.15, 0.2) is 17.4 Å². The van der Waals surface area contributed by atoms with Gasteiger partial charge >= 0.3 is 0 Å². The lowest BCUT2D eigenvalue weighted by molar-refractivity contribution is 0.566. The third-order valence-corrected chi connectivity index (χ3v) is 3.63. The molecule has 0 atom stereocenters. The molecule has 0 aromatic carbocycles. The highest BCUT2D eigenvalue weighted by molar-refractivity contribution is 8.00. The number of fused-ring (bicyclic) bond motifs is 1. The molecule has 1 aliphatic heterocycles. The first-order valence-electron chi connectivity index (χ1n) is 4.34. The van der Waals surface area contributed by atoms with E-state index in [1.807, 2.05) is 11.8 Å². The van der Waals surface area contributed by atoms with Crippen molar-refractivity contribution in [1.29, 1.82) is 0 Å². The number of aromatic amines is 1. The second-order valence-electron chi connectivity index (χ2n) is 3.25. The van der Waals surface area contributed by atoms with Gasteiger partial charge in [0.2, 0.25) is 0 Å². The summed E-state index contributed by atoms with van der Waals surface area (Å²) in [5.41, 5.74) is 0.987. The van der Waals surface area contributed by atoms with Crippen molar-refractivity contribution in [3.05, 3.63) is 23.0 Å². The molecule has 0 unspecified atom stereocenters. The van der Waals surface area contributed by atoms with E-state index in [0.29, 0.717) is 17.2 Å². The maximum atomic E-state index is 11.9. The maximum Gasteiger partial charge on any atom is 0.279 e. The summed E-state index contributed by atoms with van der Waals surface area (Å²) in [6.45, 7) is 0. The number of hydrogen-bond donors (Lipinski definition) is 1. The van der Waals surface area contributed by atoms with Crippen LogP contribution in [0.2, 0.25) is 0 Å². The Morgan fingerprint density at radius 1 is 1.50 bits per heavy atom. The zero-order valence-corrected chi connectivity index (χ0v) is 8.12. The zero-order valence-electron chi connectivity index (χ0n) is 7.30. The van der Waals surface area contributed by atoms with Crippen molar-refractivity contribution in [2.75, 3.05) is 11.5 Å². The van der Waals surface area contributed by atoms with Gasteiger partial charge in [-0.1, -0.05) is 0 Å². The fraction of sp³-hybridized carbons (Fsp3) is 0.375. The van der Waals surface area contributed by atoms with Gasteiger partial charge in [0.25, 0.3) is 5.56 Å². The average Bonchev–Trinajstić information content (AvgIpc) is 2.55. The molecule has 1 fully saturated rings. The van der Waals surface area contributed by atoms with Crippen molar-refractivity contribution in [3.63, 3.8) is 0 Å². The van der Waals surface area contributed by atoms with Crippen molar-refractivity contribution in [2.24, 2.45) is 0 Å². The number of hydrogen-bond acceptors (Lipinski definition) is 4. The number of thioether (sulfide) groups is 1. The van der Waals surface area contributed by atoms with E-state index >= 15 is 0 Å². The van der Waals surface area contributed by atoms with Crippen LogP contribution in [0.5, 0.6) is 0 Å². The smallest absolute Gasteiger partial charge is 0.279 e. The lowest BCUT2D eigenvalue weighted by Crippen LogP contribution is -2.32. The molecule has 14 heavy (non-hydrogen) atoms. The van der Waals surface area contributed by atoms with E-state index in [4.69, 9.17) is 0 Å². The third kappa shape index (κ3) is 1.00. The molecule has 2 aromatic heterocycles. The molecule has 72 valence electrons. The van der Waals surface area contributed by atoms with Gasteiger partial charge in [-0.15, -0.1) is 0 Å². The molecular formula is C8H8N4OS. The fourth-order valence-electron chi connectivity index (χ4n) is 1.48. The molecule has 3 heterocycles. The Kier molecular flexibility index (Phi) is 1.63. The SMILES string of the molecule is O=c1c2[nH]cnc2ncn1C1CSC1. The van der Waals surface area contributed by atoms with Gasteiger partial charge in [0.05, 0.1) is 12.4 Å². The summed E-state index contributed by atoms with van der Waals surface area (Å²) < 4.78 is 1.69. The summed E-state index contributed by atoms with van der Waals surface area (Å²) in [5, 5.41) is 0. The number of nitrogens with zero attached hydrogens (tertiary/aromatic N) is 3. The highest BCUT2D eigenvalue weighted by Gasteiger charge is 2.22. The van der Waals surface area contributed by atoms with Crippen LogP contribution in [0.3, 0.4) is 0 Å². The summed E-state index contributed by atoms with van der Waals surface area (Å²) in [5.74, 6) is 2.00. The van der Waals surface area contributed by atoms with Gasteiger partial charge < -0.3 is 4.98 Å². The normalized spacial score (nSPS) is 17.1. The van der Waals surface area contributed by atoms with Gasteiger partial charge in [0.1, 0.15) is 6.33 Å². The maximum absolute atomic E-state index is 11.9. The van der Waals surface area contributed by atoms with Crippen molar-refractivity contribution in [1.82, 2.24) is 19.5 Å². The van der Waals surface area contributed by atoms with E-state index in [2.05, 4.69) is 15.0 Å². The van der Waals surface area contributed by atoms with Crippen molar-refractivity contribution >= 4 is 22.9 Å². The quantitative estimate of drug-likeness (QED) is 0.737. The minimum atomic E-state index is -0.0159. The van der Waals surface area contributed by atoms with Crippen LogP contribution in [-0.4, -0.2) is 31.0 Å². The van der Waals surface area contributed by atoms with E-state index in [1.165, 1.54) is 6.33 Å². The monoisotopic (exact) mass is 208 g/mol. The van der Waals surface area contributed by atoms with E-state index < -0.39 is 0 Å². The molecule has 0 saturated carbocycles. The molecule has 0 spiro atoms. The zero-order chi connectivity index (χ0) is 9.54. The molecular weight excluding hydrogens is 200 g/mol. The third-order valence-electron chi connectivity index (χ3n) is 2.39. The Morgan fingerprint density at radius 2 is 2.36 bits per heavy atom. The van der Waals surface area contributed by atoms with Gasteiger partial charge in [-0.25, -0.2) is 9.97 Å². The number of H-pyrrole nitrogens is 1. The average molecular weight is 208 g/mol. The molecule has 3 rings (SSSR count). The predicted molar refractivity (Wildman–Crippen MR) is 54.5 cm³/mol. The highest BCUT2D eigenvalue weighted by atomic mass is 32.2. The highest BCUT2D eigenvalue weighted by Crippen LogP contribution is 2.27. The predicted octanol–water partition coefficient (Wildman–Crippen LogP) is 0.407. The van der Waals surface area contributed by atoms with Crippen LogP contribution < -0.4 is 5.56 Å². The van der Waals surface area contributed by atoms with E-state index in [1.54, 1.807) is 10.9 Å². The van der Waals surface area contributed by atoms with E-state index in [0.717, 1.165) is 11.5 Å². The van der Waals surface area contributed by atoms with Crippen LogP contribution in [-0.2, 0) is 0 Å². The van der Waals surface area contributed by atoms with Gasteiger partial charge in [-0.2, -0.15) is 11.8 Å². The number of aromatic nitrogens is 4. The minimum Gasteiger partial charge on any atom is -0.339 e. The molecule has 0 radical (unpaired) electrons. The Labute approximate surface area is 83.6 Å². The standard InChI is InChI=1S/C8H8N4OS/c13-8-6-7(10-3-9-6)11-4-12(8)5-1-14-2-5/h3-5H,1-2H2,(H,9,10). The molecule has 0 amide bonds. The summed E-state index contributed by atoms with van der Waals surface area (Å²) in [6.07, 6.45) is 3.09. The topological polar surface area (TPSA) is 63.6 Å². The van der Waals surface area contributed by atoms with Crippen LogP contribution in [0.25, 0.3) is 11.2 Å². The van der Waals surface area contributed by atoms with Crippen LogP contribution in [0.4, 0.5) is 0 Å². The Bertz CT molecular complexity index is 527. The Morgan fingerprint density at radius 3 is 3.07 bits per heavy atom. The van der Waals surface area contributed by atoms with Crippen molar-refractivity contribution in [2.45, 2.75) is 6.04 Å². The van der Waals surface area contributed by atoms with Crippen molar-refractivity contribution < 1.29 is 0 Å². The van der Waals surface area contributed by atoms with Crippen LogP contribution in [0, 0.1) is 0 Å². The van der Waals surface area contributed by atoms with Crippen molar-refractivity contribution in [3.8, 4) is 0 Å². The van der Waals surface area contributed by atoms with E-state index in [9.17, 15) is 4.79 Å². The fourth-order valence-corrected chi connectivity index (χ4v) is 2.25. The molecule has 1 N–H and O–H groups in total.